The molecule has 1 aliphatic heterocycles. The number of carbonyl (C=O) groups excluding carboxylic acids is 3. The van der Waals surface area contributed by atoms with Crippen LogP contribution in [0.15, 0.2) is 85.3 Å². The van der Waals surface area contributed by atoms with Gasteiger partial charge in [-0.2, -0.15) is 0 Å². The van der Waals surface area contributed by atoms with E-state index >= 15 is 0 Å². The highest BCUT2D eigenvalue weighted by Gasteiger charge is 2.35. The van der Waals surface area contributed by atoms with E-state index < -0.39 is 6.04 Å². The summed E-state index contributed by atoms with van der Waals surface area (Å²) >= 11 is 6.14. The number of aryl methyl sites for hydroxylation is 1. The van der Waals surface area contributed by atoms with Gasteiger partial charge in [-0.1, -0.05) is 29.8 Å². The highest BCUT2D eigenvalue weighted by Crippen LogP contribution is 2.29. The minimum atomic E-state index is -0.784. The first-order chi connectivity index (χ1) is 18.4. The molecule has 0 radical (unpaired) electrons. The summed E-state index contributed by atoms with van der Waals surface area (Å²) in [4.78, 5) is 49.6. The molecule has 0 unspecified atom stereocenters. The molecule has 3 amide bonds. The van der Waals surface area contributed by atoms with Gasteiger partial charge in [0.15, 0.2) is 0 Å². The average molecular weight is 526 g/mol. The van der Waals surface area contributed by atoms with Gasteiger partial charge in [0.2, 0.25) is 5.91 Å². The number of amides is 3. The van der Waals surface area contributed by atoms with Gasteiger partial charge in [0.1, 0.15) is 11.9 Å². The van der Waals surface area contributed by atoms with Crippen LogP contribution in [-0.2, 0) is 17.8 Å². The number of halogens is 1. The van der Waals surface area contributed by atoms with Crippen molar-refractivity contribution in [1.29, 1.82) is 0 Å². The zero-order valence-electron chi connectivity index (χ0n) is 20.5. The van der Waals surface area contributed by atoms with Gasteiger partial charge in [-0.15, -0.1) is 0 Å². The molecule has 0 saturated heterocycles. The first-order valence-electron chi connectivity index (χ1n) is 12.0. The largest absolute Gasteiger partial charge is 0.323 e. The van der Waals surface area contributed by atoms with E-state index in [0.717, 1.165) is 16.7 Å². The molecule has 190 valence electrons. The second-order valence-electron chi connectivity index (χ2n) is 9.06. The van der Waals surface area contributed by atoms with Crippen LogP contribution in [0.4, 0.5) is 11.5 Å². The summed E-state index contributed by atoms with van der Waals surface area (Å²) in [5, 5.41) is 6.07. The minimum absolute atomic E-state index is 0.167. The highest BCUT2D eigenvalue weighted by molar-refractivity contribution is 6.31. The summed E-state index contributed by atoms with van der Waals surface area (Å²) in [6.07, 6.45) is 5.26. The van der Waals surface area contributed by atoms with E-state index in [2.05, 4.69) is 20.6 Å². The average Bonchev–Trinajstić information content (AvgIpc) is 2.99. The highest BCUT2D eigenvalue weighted by atomic mass is 35.5. The van der Waals surface area contributed by atoms with Crippen molar-refractivity contribution in [1.82, 2.24) is 14.9 Å². The van der Waals surface area contributed by atoms with Crippen LogP contribution in [0.5, 0.6) is 0 Å². The van der Waals surface area contributed by atoms with Crippen molar-refractivity contribution in [2.75, 3.05) is 10.6 Å². The number of benzene rings is 2. The van der Waals surface area contributed by atoms with E-state index in [-0.39, 0.29) is 30.7 Å². The zero-order valence-corrected chi connectivity index (χ0v) is 21.3. The molecule has 1 atom stereocenters. The first kappa shape index (κ1) is 25.1. The number of nitrogens with one attached hydrogen (secondary N) is 2. The molecular formula is C29H24ClN5O3. The summed E-state index contributed by atoms with van der Waals surface area (Å²) in [7, 11) is 0. The lowest BCUT2D eigenvalue weighted by Crippen LogP contribution is -2.46. The summed E-state index contributed by atoms with van der Waals surface area (Å²) in [5.74, 6) is -0.432. The number of hydrogen-bond acceptors (Lipinski definition) is 5. The number of carbonyl (C=O) groups is 3. The summed E-state index contributed by atoms with van der Waals surface area (Å²) in [5.41, 5.74) is 3.77. The van der Waals surface area contributed by atoms with E-state index in [1.165, 1.54) is 0 Å². The number of hydrogen-bond donors (Lipinski definition) is 2. The van der Waals surface area contributed by atoms with Gasteiger partial charge >= 0.3 is 0 Å². The standard InChI is InChI=1S/C29H24ClN5O3/c1-18-10-12-32-26(13-18)34-27(36)21-6-4-19(5-7-21)17-35-25(14-20-3-2-11-31-16-20)28(37)33-24-15-22(30)8-9-23(24)29(35)38/h2-13,15-16,25H,14,17H2,1H3,(H,33,37)(H,32,34,36)/t25-/m1/s1. The summed E-state index contributed by atoms with van der Waals surface area (Å²) < 4.78 is 0. The molecule has 0 spiro atoms. The molecule has 0 fully saturated rings. The molecule has 0 saturated carbocycles. The van der Waals surface area contributed by atoms with Crippen LogP contribution in [0, 0.1) is 6.92 Å². The van der Waals surface area contributed by atoms with Crippen molar-refractivity contribution in [3.8, 4) is 0 Å². The maximum Gasteiger partial charge on any atom is 0.256 e. The second kappa shape index (κ2) is 10.8. The monoisotopic (exact) mass is 525 g/mol. The van der Waals surface area contributed by atoms with Gasteiger partial charge in [-0.3, -0.25) is 19.4 Å². The van der Waals surface area contributed by atoms with Crippen LogP contribution in [0.3, 0.4) is 0 Å². The zero-order chi connectivity index (χ0) is 26.6. The van der Waals surface area contributed by atoms with Crippen molar-refractivity contribution >= 4 is 40.8 Å². The van der Waals surface area contributed by atoms with E-state index in [1.54, 1.807) is 78.1 Å². The van der Waals surface area contributed by atoms with Gasteiger partial charge in [0.05, 0.1) is 11.3 Å². The predicted octanol–water partition coefficient (Wildman–Crippen LogP) is 4.90. The summed E-state index contributed by atoms with van der Waals surface area (Å²) in [6.45, 7) is 2.09. The number of nitrogens with zero attached hydrogens (tertiary/aromatic N) is 3. The molecule has 3 heterocycles. The number of rotatable bonds is 6. The molecule has 1 aliphatic rings. The van der Waals surface area contributed by atoms with Crippen LogP contribution in [0.2, 0.25) is 5.02 Å². The lowest BCUT2D eigenvalue weighted by atomic mass is 10.0. The van der Waals surface area contributed by atoms with Gasteiger partial charge in [0, 0.05) is 42.1 Å². The number of pyridine rings is 2. The van der Waals surface area contributed by atoms with Crippen LogP contribution in [-0.4, -0.2) is 38.6 Å². The van der Waals surface area contributed by atoms with E-state index in [4.69, 9.17) is 11.6 Å². The van der Waals surface area contributed by atoms with Crippen molar-refractivity contribution in [2.24, 2.45) is 0 Å². The lowest BCUT2D eigenvalue weighted by Gasteiger charge is -2.29. The molecule has 5 rings (SSSR count). The predicted molar refractivity (Wildman–Crippen MR) is 145 cm³/mol. The Labute approximate surface area is 224 Å². The molecular weight excluding hydrogens is 502 g/mol. The first-order valence-corrected chi connectivity index (χ1v) is 12.4. The maximum atomic E-state index is 13.7. The normalized spacial score (nSPS) is 14.9. The minimum Gasteiger partial charge on any atom is -0.323 e. The third-order valence-corrected chi connectivity index (χ3v) is 6.52. The Bertz CT molecular complexity index is 1510. The SMILES string of the molecule is Cc1ccnc(NC(=O)c2ccc(CN3C(=O)c4ccc(Cl)cc4NC(=O)[C@H]3Cc3cccnc3)cc2)c1. The fourth-order valence-electron chi connectivity index (χ4n) is 4.34. The van der Waals surface area contributed by atoms with Crippen LogP contribution >= 0.6 is 11.6 Å². The lowest BCUT2D eigenvalue weighted by molar-refractivity contribution is -0.120. The van der Waals surface area contributed by atoms with Gasteiger partial charge in [0.25, 0.3) is 11.8 Å². The van der Waals surface area contributed by atoms with Crippen LogP contribution in [0.25, 0.3) is 0 Å². The van der Waals surface area contributed by atoms with Gasteiger partial charge < -0.3 is 15.5 Å². The fourth-order valence-corrected chi connectivity index (χ4v) is 4.51. The number of anilines is 2. The fraction of sp³-hybridized carbons (Fsp3) is 0.138. The number of fused-ring (bicyclic) bond motifs is 1. The molecule has 0 aliphatic carbocycles. The molecule has 8 nitrogen and oxygen atoms in total. The molecule has 0 bridgehead atoms. The Morgan fingerprint density at radius 3 is 2.58 bits per heavy atom. The molecule has 2 aromatic carbocycles. The smallest absolute Gasteiger partial charge is 0.256 e. The van der Waals surface area contributed by atoms with Gasteiger partial charge in [-0.25, -0.2) is 4.98 Å². The van der Waals surface area contributed by atoms with E-state index in [1.807, 2.05) is 19.1 Å². The third-order valence-electron chi connectivity index (χ3n) is 6.29. The number of aromatic nitrogens is 2. The van der Waals surface area contributed by atoms with E-state index in [9.17, 15) is 14.4 Å². The van der Waals surface area contributed by atoms with E-state index in [0.29, 0.717) is 27.7 Å². The molecule has 2 N–H and O–H groups in total. The molecule has 2 aromatic heterocycles. The third kappa shape index (κ3) is 5.55. The van der Waals surface area contributed by atoms with Crippen molar-refractivity contribution in [3.63, 3.8) is 0 Å². The Hall–Kier alpha value is -4.56. The Kier molecular flexibility index (Phi) is 7.15. The van der Waals surface area contributed by atoms with Crippen LogP contribution < -0.4 is 10.6 Å². The van der Waals surface area contributed by atoms with Crippen molar-refractivity contribution in [2.45, 2.75) is 25.9 Å². The Morgan fingerprint density at radius 2 is 1.84 bits per heavy atom. The van der Waals surface area contributed by atoms with Gasteiger partial charge in [-0.05, 0) is 72.1 Å². The molecule has 4 aromatic rings. The Morgan fingerprint density at radius 1 is 1.03 bits per heavy atom. The second-order valence-corrected chi connectivity index (χ2v) is 9.50. The Balaban J connectivity index is 1.41. The molecule has 38 heavy (non-hydrogen) atoms. The topological polar surface area (TPSA) is 104 Å². The van der Waals surface area contributed by atoms with Crippen molar-refractivity contribution in [3.05, 3.63) is 118 Å². The summed E-state index contributed by atoms with van der Waals surface area (Å²) in [6, 6.07) is 18.3. The maximum absolute atomic E-state index is 13.7. The van der Waals surface area contributed by atoms with Crippen LogP contribution in [0.1, 0.15) is 37.4 Å². The van der Waals surface area contributed by atoms with Crippen molar-refractivity contribution < 1.29 is 14.4 Å². The molecule has 9 heteroatoms. The quantitative estimate of drug-likeness (QED) is 0.373.